The SMILES string of the molecule is C[C@H]1OC(C)(C)N(C(=O)OC(C)(C)C)[C@@H]1c1nc(-c2nc(-c3nc(Br)cs3)ccc2-c2nc(C(=O)O)cs2)cs1. The Kier molecular flexibility index (Phi) is 7.59. The van der Waals surface area contributed by atoms with Crippen molar-refractivity contribution in [3.8, 4) is 32.7 Å². The van der Waals surface area contributed by atoms with Gasteiger partial charge in [-0.05, 0) is 69.6 Å². The lowest BCUT2D eigenvalue weighted by atomic mass is 10.1. The molecule has 2 atom stereocenters. The maximum atomic E-state index is 13.3. The van der Waals surface area contributed by atoms with Crippen molar-refractivity contribution in [3.05, 3.63) is 43.6 Å². The second kappa shape index (κ2) is 10.6. The Hall–Kier alpha value is -2.78. The van der Waals surface area contributed by atoms with Gasteiger partial charge in [-0.2, -0.15) is 0 Å². The van der Waals surface area contributed by atoms with Gasteiger partial charge < -0.3 is 14.6 Å². The third kappa shape index (κ3) is 5.68. The Morgan fingerprint density at radius 3 is 2.38 bits per heavy atom. The molecular weight excluding hydrogens is 638 g/mol. The second-order valence-electron chi connectivity index (χ2n) is 10.5. The first-order valence-corrected chi connectivity index (χ1v) is 15.6. The van der Waals surface area contributed by atoms with Gasteiger partial charge >= 0.3 is 12.1 Å². The molecule has 1 aliphatic rings. The zero-order valence-electron chi connectivity index (χ0n) is 22.5. The standard InChI is InChI=1S/C26H26BrN5O5S3/c1-12-19(32(26(5,6)36-12)24(35)37-25(2,3)4)22-29-15(9-39-22)18-13(20-30-16(10-38-20)23(33)34)7-8-14(28-18)21-31-17(27)11-40-21/h7-12,19H,1-6H3,(H,33,34)/t12-,19+/m1/s1. The lowest BCUT2D eigenvalue weighted by molar-refractivity contribution is -0.0757. The largest absolute Gasteiger partial charge is 0.476 e. The average molecular weight is 665 g/mol. The first-order valence-electron chi connectivity index (χ1n) is 12.2. The molecular formula is C26H26BrN5O5S3. The zero-order valence-corrected chi connectivity index (χ0v) is 26.5. The molecule has 4 aromatic rings. The van der Waals surface area contributed by atoms with E-state index in [1.54, 1.807) is 4.90 Å². The number of carbonyl (C=O) groups is 2. The second-order valence-corrected chi connectivity index (χ2v) is 14.0. The van der Waals surface area contributed by atoms with Crippen molar-refractivity contribution < 1.29 is 24.2 Å². The van der Waals surface area contributed by atoms with Crippen LogP contribution in [0.2, 0.25) is 0 Å². The molecule has 0 saturated carbocycles. The Labute approximate surface area is 251 Å². The summed E-state index contributed by atoms with van der Waals surface area (Å²) in [4.78, 5) is 45.0. The summed E-state index contributed by atoms with van der Waals surface area (Å²) in [7, 11) is 0. The van der Waals surface area contributed by atoms with E-state index in [0.29, 0.717) is 37.3 Å². The summed E-state index contributed by atoms with van der Waals surface area (Å²) in [6.45, 7) is 11.0. The van der Waals surface area contributed by atoms with Crippen molar-refractivity contribution in [2.45, 2.75) is 65.0 Å². The van der Waals surface area contributed by atoms with E-state index in [1.165, 1.54) is 39.4 Å². The molecule has 0 bridgehead atoms. The predicted octanol–water partition coefficient (Wildman–Crippen LogP) is 7.35. The Morgan fingerprint density at radius 1 is 1.02 bits per heavy atom. The number of carboxylic acid groups (broad SMARTS) is 1. The van der Waals surface area contributed by atoms with Crippen LogP contribution in [0.25, 0.3) is 32.7 Å². The molecule has 5 heterocycles. The first kappa shape index (κ1) is 28.7. The van der Waals surface area contributed by atoms with Crippen LogP contribution in [0.1, 0.15) is 63.1 Å². The van der Waals surface area contributed by atoms with E-state index in [1.807, 2.05) is 64.4 Å². The molecule has 0 aliphatic carbocycles. The molecule has 10 nitrogen and oxygen atoms in total. The van der Waals surface area contributed by atoms with E-state index in [-0.39, 0.29) is 11.8 Å². The molecule has 1 aliphatic heterocycles. The minimum Gasteiger partial charge on any atom is -0.476 e. The van der Waals surface area contributed by atoms with Crippen LogP contribution in [0.5, 0.6) is 0 Å². The van der Waals surface area contributed by atoms with Gasteiger partial charge in [-0.1, -0.05) is 0 Å². The predicted molar refractivity (Wildman–Crippen MR) is 158 cm³/mol. The molecule has 1 saturated heterocycles. The smallest absolute Gasteiger partial charge is 0.413 e. The van der Waals surface area contributed by atoms with Crippen LogP contribution in [0.3, 0.4) is 0 Å². The van der Waals surface area contributed by atoms with Crippen molar-refractivity contribution in [1.29, 1.82) is 0 Å². The van der Waals surface area contributed by atoms with E-state index >= 15 is 0 Å². The van der Waals surface area contributed by atoms with Crippen LogP contribution in [0.4, 0.5) is 4.79 Å². The van der Waals surface area contributed by atoms with Gasteiger partial charge in [0.25, 0.3) is 0 Å². The summed E-state index contributed by atoms with van der Waals surface area (Å²) < 4.78 is 12.6. The zero-order chi connectivity index (χ0) is 29.0. The summed E-state index contributed by atoms with van der Waals surface area (Å²) in [5, 5.41) is 16.6. The van der Waals surface area contributed by atoms with Gasteiger partial charge in [-0.15, -0.1) is 34.0 Å². The third-order valence-electron chi connectivity index (χ3n) is 5.93. The van der Waals surface area contributed by atoms with Crippen LogP contribution in [-0.2, 0) is 9.47 Å². The number of hydrogen-bond acceptors (Lipinski definition) is 11. The lowest BCUT2D eigenvalue weighted by Crippen LogP contribution is -2.47. The number of thiazole rings is 3. The number of halogens is 1. The van der Waals surface area contributed by atoms with E-state index in [4.69, 9.17) is 19.4 Å². The third-order valence-corrected chi connectivity index (χ3v) is 9.29. The number of hydrogen-bond donors (Lipinski definition) is 1. The average Bonchev–Trinajstić information content (AvgIpc) is 3.63. The number of carboxylic acids is 1. The molecule has 210 valence electrons. The van der Waals surface area contributed by atoms with Gasteiger partial charge in [-0.25, -0.2) is 29.5 Å². The van der Waals surface area contributed by atoms with Gasteiger partial charge in [0.1, 0.15) is 48.4 Å². The molecule has 0 unspecified atom stereocenters. The fourth-order valence-corrected chi connectivity index (χ4v) is 7.45. The van der Waals surface area contributed by atoms with Crippen LogP contribution >= 0.6 is 49.9 Å². The highest BCUT2D eigenvalue weighted by atomic mass is 79.9. The van der Waals surface area contributed by atoms with E-state index in [9.17, 15) is 14.7 Å². The summed E-state index contributed by atoms with van der Waals surface area (Å²) in [5.74, 6) is -1.10. The molecule has 1 amide bonds. The van der Waals surface area contributed by atoms with Crippen LogP contribution in [0, 0.1) is 0 Å². The fourth-order valence-electron chi connectivity index (χ4n) is 4.42. The van der Waals surface area contributed by atoms with Gasteiger partial charge in [0.15, 0.2) is 5.69 Å². The number of nitrogens with zero attached hydrogens (tertiary/aromatic N) is 5. The highest BCUT2D eigenvalue weighted by Gasteiger charge is 2.51. The number of pyridine rings is 1. The van der Waals surface area contributed by atoms with Crippen molar-refractivity contribution in [2.75, 3.05) is 0 Å². The molecule has 4 aromatic heterocycles. The van der Waals surface area contributed by atoms with Crippen molar-refractivity contribution in [2.24, 2.45) is 0 Å². The molecule has 5 rings (SSSR count). The highest BCUT2D eigenvalue weighted by Crippen LogP contribution is 2.44. The van der Waals surface area contributed by atoms with Gasteiger partial charge in [0, 0.05) is 21.7 Å². The molecule has 40 heavy (non-hydrogen) atoms. The van der Waals surface area contributed by atoms with Crippen LogP contribution in [-0.4, -0.2) is 59.4 Å². The van der Waals surface area contributed by atoms with E-state index < -0.39 is 29.4 Å². The number of aromatic nitrogens is 4. The van der Waals surface area contributed by atoms with Crippen molar-refractivity contribution >= 4 is 62.0 Å². The van der Waals surface area contributed by atoms with Crippen molar-refractivity contribution in [1.82, 2.24) is 24.8 Å². The normalized spacial score (nSPS) is 18.7. The Bertz CT molecular complexity index is 1590. The lowest BCUT2D eigenvalue weighted by Gasteiger charge is -2.34. The molecule has 0 radical (unpaired) electrons. The van der Waals surface area contributed by atoms with Crippen LogP contribution in [0.15, 0.2) is 32.9 Å². The number of amides is 1. The highest BCUT2D eigenvalue weighted by molar-refractivity contribution is 9.10. The van der Waals surface area contributed by atoms with Gasteiger partial charge in [0.2, 0.25) is 0 Å². The minimum atomic E-state index is -1.10. The molecule has 0 spiro atoms. The van der Waals surface area contributed by atoms with Crippen molar-refractivity contribution in [3.63, 3.8) is 0 Å². The minimum absolute atomic E-state index is 0.0370. The number of ether oxygens (including phenoxy) is 2. The summed E-state index contributed by atoms with van der Waals surface area (Å²) in [6, 6.07) is 3.20. The summed E-state index contributed by atoms with van der Waals surface area (Å²) in [5.41, 5.74) is 0.776. The maximum Gasteiger partial charge on any atom is 0.413 e. The number of aromatic carboxylic acids is 1. The first-order chi connectivity index (χ1) is 18.7. The summed E-state index contributed by atoms with van der Waals surface area (Å²) in [6.07, 6.45) is -0.826. The quantitative estimate of drug-likeness (QED) is 0.233. The topological polar surface area (TPSA) is 128 Å². The number of carbonyl (C=O) groups excluding carboxylic acids is 1. The van der Waals surface area contributed by atoms with Crippen LogP contribution < -0.4 is 0 Å². The van der Waals surface area contributed by atoms with Gasteiger partial charge in [-0.3, -0.25) is 4.90 Å². The number of rotatable bonds is 5. The fraction of sp³-hybridized carbons (Fsp3) is 0.385. The Morgan fingerprint density at radius 2 is 1.75 bits per heavy atom. The van der Waals surface area contributed by atoms with E-state index in [2.05, 4.69) is 25.9 Å². The molecule has 1 N–H and O–H groups in total. The molecule has 0 aromatic carbocycles. The molecule has 14 heteroatoms. The summed E-state index contributed by atoms with van der Waals surface area (Å²) >= 11 is 7.45. The van der Waals surface area contributed by atoms with Gasteiger partial charge in [0.05, 0.1) is 11.8 Å². The van der Waals surface area contributed by atoms with E-state index in [0.717, 1.165) is 5.01 Å². The monoisotopic (exact) mass is 663 g/mol. The Balaban J connectivity index is 1.59. The molecule has 1 fully saturated rings. The maximum absolute atomic E-state index is 13.3.